The molecule has 0 aliphatic heterocycles. The average molecular weight is 328 g/mol. The van der Waals surface area contributed by atoms with E-state index in [2.05, 4.69) is 41.4 Å². The van der Waals surface area contributed by atoms with Crippen molar-refractivity contribution in [1.29, 1.82) is 0 Å². The van der Waals surface area contributed by atoms with Crippen LogP contribution in [0.3, 0.4) is 0 Å². The monoisotopic (exact) mass is 328 g/mol. The summed E-state index contributed by atoms with van der Waals surface area (Å²) in [6, 6.07) is 10.0. The second-order valence-corrected chi connectivity index (χ2v) is 6.42. The van der Waals surface area contributed by atoms with Gasteiger partial charge < -0.3 is 10.2 Å². The van der Waals surface area contributed by atoms with Crippen LogP contribution >= 0.6 is 0 Å². The van der Waals surface area contributed by atoms with Gasteiger partial charge in [-0.25, -0.2) is 0 Å². The quantitative estimate of drug-likeness (QED) is 0.850. The summed E-state index contributed by atoms with van der Waals surface area (Å²) in [6.07, 6.45) is 0. The molecule has 5 nitrogen and oxygen atoms in total. The molecular weight excluding hydrogens is 300 g/mol. The van der Waals surface area contributed by atoms with Gasteiger partial charge in [-0.2, -0.15) is 5.10 Å². The molecule has 1 heterocycles. The summed E-state index contributed by atoms with van der Waals surface area (Å²) in [5.41, 5.74) is 4.31. The molecule has 2 aromatic rings. The van der Waals surface area contributed by atoms with Gasteiger partial charge >= 0.3 is 0 Å². The molecule has 2 rings (SSSR count). The molecular formula is C19H28N4O. The van der Waals surface area contributed by atoms with Crippen molar-refractivity contribution in [2.75, 3.05) is 13.6 Å². The predicted octanol–water partition coefficient (Wildman–Crippen LogP) is 2.83. The molecule has 1 aromatic heterocycles. The number of aryl methyl sites for hydroxylation is 2. The number of hydrogen-bond acceptors (Lipinski definition) is 3. The molecule has 0 fully saturated rings. The van der Waals surface area contributed by atoms with Gasteiger partial charge in [0.25, 0.3) is 0 Å². The highest BCUT2D eigenvalue weighted by Gasteiger charge is 2.17. The molecule has 0 aliphatic rings. The van der Waals surface area contributed by atoms with Gasteiger partial charge in [0.15, 0.2) is 0 Å². The van der Waals surface area contributed by atoms with E-state index in [0.29, 0.717) is 6.54 Å². The molecule has 130 valence electrons. The maximum Gasteiger partial charge on any atom is 0.244 e. The number of rotatable bonds is 7. The summed E-state index contributed by atoms with van der Waals surface area (Å²) in [7, 11) is 2.10. The topological polar surface area (TPSA) is 50.2 Å². The summed E-state index contributed by atoms with van der Waals surface area (Å²) in [5.74, 6) is -0.0164. The van der Waals surface area contributed by atoms with E-state index in [4.69, 9.17) is 0 Å². The van der Waals surface area contributed by atoms with Crippen LogP contribution in [0.4, 0.5) is 0 Å². The number of carbonyl (C=O) groups excluding carboxylic acids is 1. The zero-order chi connectivity index (χ0) is 17.7. The Morgan fingerprint density at radius 2 is 2.00 bits per heavy atom. The molecule has 0 aliphatic carbocycles. The third-order valence-corrected chi connectivity index (χ3v) is 4.24. The fourth-order valence-corrected chi connectivity index (χ4v) is 2.75. The van der Waals surface area contributed by atoms with Crippen LogP contribution in [0, 0.1) is 13.8 Å². The van der Waals surface area contributed by atoms with Gasteiger partial charge in [-0.15, -0.1) is 0 Å². The van der Waals surface area contributed by atoms with Crippen LogP contribution in [0.25, 0.3) is 0 Å². The number of amides is 1. The molecule has 0 spiro atoms. The van der Waals surface area contributed by atoms with Gasteiger partial charge in [0, 0.05) is 18.8 Å². The Kier molecular flexibility index (Phi) is 6.15. The van der Waals surface area contributed by atoms with E-state index < -0.39 is 0 Å². The summed E-state index contributed by atoms with van der Waals surface area (Å²) >= 11 is 0. The second-order valence-electron chi connectivity index (χ2n) is 6.42. The van der Waals surface area contributed by atoms with Crippen molar-refractivity contribution in [2.45, 2.75) is 46.8 Å². The van der Waals surface area contributed by atoms with Gasteiger partial charge in [0.1, 0.15) is 6.04 Å². The number of nitrogens with zero attached hydrogens (tertiary/aromatic N) is 3. The standard InChI is InChI=1S/C19H28N4O/c1-6-22(5)13-18-9-7-8-17(11-18)12-20-19(24)16(4)23-15(3)10-14(2)21-23/h7-11,16H,6,12-13H2,1-5H3,(H,20,24)/t16-/m1/s1. The molecule has 24 heavy (non-hydrogen) atoms. The first-order chi connectivity index (χ1) is 11.4. The lowest BCUT2D eigenvalue weighted by Crippen LogP contribution is -2.31. The molecule has 5 heteroatoms. The maximum absolute atomic E-state index is 12.4. The molecule has 1 atom stereocenters. The first-order valence-corrected chi connectivity index (χ1v) is 8.47. The van der Waals surface area contributed by atoms with Crippen LogP contribution in [0.1, 0.15) is 42.4 Å². The number of carbonyl (C=O) groups is 1. The lowest BCUT2D eigenvalue weighted by atomic mass is 10.1. The number of benzene rings is 1. The van der Waals surface area contributed by atoms with Crippen molar-refractivity contribution in [3.05, 3.63) is 52.8 Å². The molecule has 0 saturated carbocycles. The molecule has 1 amide bonds. The number of aromatic nitrogens is 2. The Bertz CT molecular complexity index is 692. The van der Waals surface area contributed by atoms with Crippen molar-refractivity contribution in [3.63, 3.8) is 0 Å². The van der Waals surface area contributed by atoms with Crippen molar-refractivity contribution in [2.24, 2.45) is 0 Å². The van der Waals surface area contributed by atoms with Crippen LogP contribution in [0.5, 0.6) is 0 Å². The van der Waals surface area contributed by atoms with E-state index >= 15 is 0 Å². The molecule has 0 saturated heterocycles. The number of hydrogen-bond donors (Lipinski definition) is 1. The lowest BCUT2D eigenvalue weighted by molar-refractivity contribution is -0.124. The van der Waals surface area contributed by atoms with E-state index in [1.807, 2.05) is 39.0 Å². The first-order valence-electron chi connectivity index (χ1n) is 8.47. The zero-order valence-corrected chi connectivity index (χ0v) is 15.3. The van der Waals surface area contributed by atoms with E-state index in [9.17, 15) is 4.79 Å². The van der Waals surface area contributed by atoms with Crippen molar-refractivity contribution in [3.8, 4) is 0 Å². The Balaban J connectivity index is 1.96. The Morgan fingerprint density at radius 3 is 2.62 bits per heavy atom. The minimum absolute atomic E-state index is 0.0164. The molecule has 0 unspecified atom stereocenters. The van der Waals surface area contributed by atoms with Crippen LogP contribution in [-0.4, -0.2) is 34.2 Å². The summed E-state index contributed by atoms with van der Waals surface area (Å²) in [6.45, 7) is 10.4. The predicted molar refractivity (Wildman–Crippen MR) is 96.7 cm³/mol. The third-order valence-electron chi connectivity index (χ3n) is 4.24. The summed E-state index contributed by atoms with van der Waals surface area (Å²) < 4.78 is 1.78. The summed E-state index contributed by atoms with van der Waals surface area (Å²) in [4.78, 5) is 14.7. The summed E-state index contributed by atoms with van der Waals surface area (Å²) in [5, 5.41) is 7.41. The zero-order valence-electron chi connectivity index (χ0n) is 15.3. The lowest BCUT2D eigenvalue weighted by Gasteiger charge is -2.16. The SMILES string of the molecule is CCN(C)Cc1cccc(CNC(=O)[C@@H](C)n2nc(C)cc2C)c1. The first kappa shape index (κ1) is 18.2. The normalized spacial score (nSPS) is 12.4. The largest absolute Gasteiger partial charge is 0.350 e. The van der Waals surface area contributed by atoms with Gasteiger partial charge in [-0.1, -0.05) is 31.2 Å². The van der Waals surface area contributed by atoms with Gasteiger partial charge in [0.05, 0.1) is 5.69 Å². The van der Waals surface area contributed by atoms with E-state index in [1.54, 1.807) is 4.68 Å². The maximum atomic E-state index is 12.4. The molecule has 1 N–H and O–H groups in total. The van der Waals surface area contributed by atoms with E-state index in [-0.39, 0.29) is 11.9 Å². The van der Waals surface area contributed by atoms with E-state index in [0.717, 1.165) is 30.0 Å². The van der Waals surface area contributed by atoms with Crippen molar-refractivity contribution in [1.82, 2.24) is 20.0 Å². The molecule has 0 bridgehead atoms. The molecule has 1 aromatic carbocycles. The minimum Gasteiger partial charge on any atom is -0.350 e. The van der Waals surface area contributed by atoms with Crippen LogP contribution in [0.15, 0.2) is 30.3 Å². The van der Waals surface area contributed by atoms with E-state index in [1.165, 1.54) is 5.56 Å². The highest BCUT2D eigenvalue weighted by atomic mass is 16.2. The van der Waals surface area contributed by atoms with Crippen LogP contribution in [0.2, 0.25) is 0 Å². The van der Waals surface area contributed by atoms with Crippen LogP contribution in [-0.2, 0) is 17.9 Å². The minimum atomic E-state index is -0.312. The Morgan fingerprint density at radius 1 is 1.29 bits per heavy atom. The third kappa shape index (κ3) is 4.68. The fourth-order valence-electron chi connectivity index (χ4n) is 2.75. The highest BCUT2D eigenvalue weighted by molar-refractivity contribution is 5.79. The van der Waals surface area contributed by atoms with Crippen molar-refractivity contribution < 1.29 is 4.79 Å². The number of nitrogens with one attached hydrogen (secondary N) is 1. The smallest absolute Gasteiger partial charge is 0.244 e. The second kappa shape index (κ2) is 8.11. The highest BCUT2D eigenvalue weighted by Crippen LogP contribution is 2.12. The van der Waals surface area contributed by atoms with Gasteiger partial charge in [-0.05, 0) is 51.6 Å². The van der Waals surface area contributed by atoms with Gasteiger partial charge in [0.2, 0.25) is 5.91 Å². The average Bonchev–Trinajstić information content (AvgIpc) is 2.90. The fraction of sp³-hybridized carbons (Fsp3) is 0.474. The van der Waals surface area contributed by atoms with Gasteiger partial charge in [-0.3, -0.25) is 9.48 Å². The Hall–Kier alpha value is -2.14. The molecule has 0 radical (unpaired) electrons. The Labute approximate surface area is 144 Å². The van der Waals surface area contributed by atoms with Crippen LogP contribution < -0.4 is 5.32 Å². The van der Waals surface area contributed by atoms with Crippen molar-refractivity contribution >= 4 is 5.91 Å².